The van der Waals surface area contributed by atoms with Gasteiger partial charge in [-0.15, -0.1) is 0 Å². The Hall–Kier alpha value is -0.830. The molecule has 1 aromatic rings. The Morgan fingerprint density at radius 3 is 2.67 bits per heavy atom. The summed E-state index contributed by atoms with van der Waals surface area (Å²) in [6, 6.07) is 1.88. The van der Waals surface area contributed by atoms with Gasteiger partial charge in [0.1, 0.15) is 0 Å². The zero-order chi connectivity index (χ0) is 8.27. The highest BCUT2D eigenvalue weighted by Crippen LogP contribution is 1.75. The van der Waals surface area contributed by atoms with Gasteiger partial charge in [0.2, 0.25) is 0 Å². The SMILES string of the molecule is CCn1ccc[n+](CC)c1=O.[Cl-]. The average molecular weight is 189 g/mol. The first-order chi connectivity index (χ1) is 5.29. The van der Waals surface area contributed by atoms with E-state index in [1.54, 1.807) is 21.5 Å². The molecule has 0 amide bonds. The number of rotatable bonds is 2. The quantitative estimate of drug-likeness (QED) is 0.460. The minimum atomic E-state index is 0. The van der Waals surface area contributed by atoms with Gasteiger partial charge in [0.25, 0.3) is 0 Å². The van der Waals surface area contributed by atoms with Crippen molar-refractivity contribution in [3.05, 3.63) is 28.9 Å². The Morgan fingerprint density at radius 2 is 2.17 bits per heavy atom. The summed E-state index contributed by atoms with van der Waals surface area (Å²) in [5.41, 5.74) is 0.0671. The van der Waals surface area contributed by atoms with E-state index in [0.717, 1.165) is 13.1 Å². The van der Waals surface area contributed by atoms with Crippen LogP contribution in [0.25, 0.3) is 0 Å². The van der Waals surface area contributed by atoms with Crippen LogP contribution < -0.4 is 22.7 Å². The van der Waals surface area contributed by atoms with E-state index < -0.39 is 0 Å². The second-order valence-corrected chi connectivity index (χ2v) is 2.35. The van der Waals surface area contributed by atoms with Crippen molar-refractivity contribution < 1.29 is 17.0 Å². The van der Waals surface area contributed by atoms with Crippen molar-refractivity contribution in [2.24, 2.45) is 0 Å². The van der Waals surface area contributed by atoms with Gasteiger partial charge in [-0.05, 0) is 13.8 Å². The molecule has 4 heteroatoms. The van der Waals surface area contributed by atoms with E-state index in [4.69, 9.17) is 0 Å². The molecular weight excluding hydrogens is 176 g/mol. The maximum atomic E-state index is 11.4. The highest BCUT2D eigenvalue weighted by atomic mass is 35.5. The summed E-state index contributed by atoms with van der Waals surface area (Å²) >= 11 is 0. The summed E-state index contributed by atoms with van der Waals surface area (Å²) in [7, 11) is 0. The van der Waals surface area contributed by atoms with Crippen molar-refractivity contribution in [1.82, 2.24) is 4.57 Å². The van der Waals surface area contributed by atoms with Crippen molar-refractivity contribution in [1.29, 1.82) is 0 Å². The maximum absolute atomic E-state index is 11.4. The lowest BCUT2D eigenvalue weighted by atomic mass is 10.5. The summed E-state index contributed by atoms with van der Waals surface area (Å²) in [5.74, 6) is 0. The van der Waals surface area contributed by atoms with Crippen molar-refractivity contribution in [3.63, 3.8) is 0 Å². The van der Waals surface area contributed by atoms with E-state index in [0.29, 0.717) is 0 Å². The van der Waals surface area contributed by atoms with Gasteiger partial charge in [-0.25, -0.2) is 0 Å². The molecule has 0 atom stereocenters. The fourth-order valence-electron chi connectivity index (χ4n) is 1.02. The molecule has 0 radical (unpaired) electrons. The minimum absolute atomic E-state index is 0. The molecular formula is C8H13ClN2O. The minimum Gasteiger partial charge on any atom is -1.00 e. The molecule has 0 fully saturated rings. The first-order valence-electron chi connectivity index (χ1n) is 3.88. The number of halogens is 1. The van der Waals surface area contributed by atoms with Crippen LogP contribution in [-0.2, 0) is 13.1 Å². The predicted molar refractivity (Wildman–Crippen MR) is 42.2 cm³/mol. The van der Waals surface area contributed by atoms with E-state index in [-0.39, 0.29) is 18.1 Å². The van der Waals surface area contributed by atoms with Gasteiger partial charge in [-0.2, -0.15) is 13.9 Å². The monoisotopic (exact) mass is 188 g/mol. The van der Waals surface area contributed by atoms with Crippen LogP contribution >= 0.6 is 0 Å². The Bertz CT molecular complexity index is 270. The highest BCUT2D eigenvalue weighted by molar-refractivity contribution is 4.74. The van der Waals surface area contributed by atoms with Crippen molar-refractivity contribution in [2.75, 3.05) is 0 Å². The average Bonchev–Trinajstić information content (AvgIpc) is 2.05. The first-order valence-corrected chi connectivity index (χ1v) is 3.88. The number of aryl methyl sites for hydroxylation is 2. The van der Waals surface area contributed by atoms with E-state index in [1.165, 1.54) is 0 Å². The third kappa shape index (κ3) is 2.08. The Kier molecular flexibility index (Phi) is 4.59. The summed E-state index contributed by atoms with van der Waals surface area (Å²) < 4.78 is 3.37. The predicted octanol–water partition coefficient (Wildman–Crippen LogP) is -2.82. The molecule has 1 rings (SSSR count). The lowest BCUT2D eigenvalue weighted by molar-refractivity contribution is -0.712. The zero-order valence-electron chi connectivity index (χ0n) is 7.33. The van der Waals surface area contributed by atoms with Gasteiger partial charge < -0.3 is 12.4 Å². The first kappa shape index (κ1) is 11.2. The molecule has 1 heterocycles. The molecule has 0 saturated carbocycles. The molecule has 1 aromatic heterocycles. The molecule has 0 aliphatic carbocycles. The van der Waals surface area contributed by atoms with Crippen molar-refractivity contribution in [2.45, 2.75) is 26.9 Å². The fourth-order valence-corrected chi connectivity index (χ4v) is 1.02. The third-order valence-corrected chi connectivity index (χ3v) is 1.70. The molecule has 0 N–H and O–H groups in total. The molecule has 0 unspecified atom stereocenters. The molecule has 3 nitrogen and oxygen atoms in total. The third-order valence-electron chi connectivity index (χ3n) is 1.70. The zero-order valence-corrected chi connectivity index (χ0v) is 8.08. The van der Waals surface area contributed by atoms with Crippen LogP contribution in [0.2, 0.25) is 0 Å². The van der Waals surface area contributed by atoms with E-state index >= 15 is 0 Å². The molecule has 0 aromatic carbocycles. The van der Waals surface area contributed by atoms with E-state index in [9.17, 15) is 4.79 Å². The summed E-state index contributed by atoms with van der Waals surface area (Å²) in [6.45, 7) is 5.39. The molecule has 0 aliphatic heterocycles. The number of aromatic nitrogens is 2. The fraction of sp³-hybridized carbons (Fsp3) is 0.500. The van der Waals surface area contributed by atoms with Crippen molar-refractivity contribution >= 4 is 0 Å². The largest absolute Gasteiger partial charge is 1.00 e. The summed E-state index contributed by atoms with van der Waals surface area (Å²) in [5, 5.41) is 0. The standard InChI is InChI=1S/C8H13N2O.ClH/c1-3-9-6-5-7-10(4-2)8(9)11;/h5-7H,3-4H2,1-2H3;1H/q+1;/p-1. The van der Waals surface area contributed by atoms with Crippen LogP contribution in [-0.4, -0.2) is 4.57 Å². The van der Waals surface area contributed by atoms with Crippen LogP contribution in [0.1, 0.15) is 13.8 Å². The number of nitrogens with zero attached hydrogens (tertiary/aromatic N) is 2. The van der Waals surface area contributed by atoms with Gasteiger partial charge in [-0.1, -0.05) is 0 Å². The van der Waals surface area contributed by atoms with Crippen LogP contribution in [0.4, 0.5) is 0 Å². The maximum Gasteiger partial charge on any atom is 0.497 e. The number of hydrogen-bond acceptors (Lipinski definition) is 1. The molecule has 0 bridgehead atoms. The Labute approximate surface area is 78.1 Å². The summed E-state index contributed by atoms with van der Waals surface area (Å²) in [6.07, 6.45) is 3.60. The highest BCUT2D eigenvalue weighted by Gasteiger charge is 2.04. The van der Waals surface area contributed by atoms with Gasteiger partial charge >= 0.3 is 5.69 Å². The van der Waals surface area contributed by atoms with Gasteiger partial charge in [0, 0.05) is 6.07 Å². The molecule has 0 aliphatic rings. The molecule has 12 heavy (non-hydrogen) atoms. The lowest BCUT2D eigenvalue weighted by Crippen LogP contribution is -3.00. The molecule has 0 saturated heterocycles. The Balaban J connectivity index is 0.00000121. The van der Waals surface area contributed by atoms with Gasteiger partial charge in [-0.3, -0.25) is 0 Å². The number of hydrogen-bond donors (Lipinski definition) is 0. The molecule has 68 valence electrons. The van der Waals surface area contributed by atoms with Gasteiger partial charge in [0.05, 0.1) is 25.5 Å². The van der Waals surface area contributed by atoms with Gasteiger partial charge in [0.15, 0.2) is 0 Å². The topological polar surface area (TPSA) is 25.9 Å². The van der Waals surface area contributed by atoms with Crippen molar-refractivity contribution in [3.8, 4) is 0 Å². The molecule has 0 spiro atoms. The van der Waals surface area contributed by atoms with Crippen LogP contribution in [0.5, 0.6) is 0 Å². The lowest BCUT2D eigenvalue weighted by Gasteiger charge is -1.95. The second-order valence-electron chi connectivity index (χ2n) is 2.35. The van der Waals surface area contributed by atoms with Crippen LogP contribution in [0.15, 0.2) is 23.3 Å². The van der Waals surface area contributed by atoms with Crippen LogP contribution in [0, 0.1) is 0 Å². The van der Waals surface area contributed by atoms with Crippen LogP contribution in [0.3, 0.4) is 0 Å². The normalized spacial score (nSPS) is 9.17. The smallest absolute Gasteiger partial charge is 0.497 e. The summed E-state index contributed by atoms with van der Waals surface area (Å²) in [4.78, 5) is 11.4. The Morgan fingerprint density at radius 1 is 1.50 bits per heavy atom. The second kappa shape index (κ2) is 4.93. The van der Waals surface area contributed by atoms with E-state index in [2.05, 4.69) is 0 Å². The van der Waals surface area contributed by atoms with E-state index in [1.807, 2.05) is 19.9 Å².